The quantitative estimate of drug-likeness (QED) is 0.628. The third kappa shape index (κ3) is 1.40. The fourth-order valence-corrected chi connectivity index (χ4v) is 3.54. The second-order valence-electron chi connectivity index (χ2n) is 4.92. The van der Waals surface area contributed by atoms with Crippen LogP contribution < -0.4 is 5.19 Å². The van der Waals surface area contributed by atoms with E-state index < -0.39 is 8.07 Å². The van der Waals surface area contributed by atoms with E-state index in [0.717, 1.165) is 0 Å². The lowest BCUT2D eigenvalue weighted by Crippen LogP contribution is -2.37. The highest BCUT2D eigenvalue weighted by Gasteiger charge is 2.20. The summed E-state index contributed by atoms with van der Waals surface area (Å²) < 4.78 is 2.24. The van der Waals surface area contributed by atoms with Crippen LogP contribution in [0.2, 0.25) is 19.6 Å². The van der Waals surface area contributed by atoms with Crippen molar-refractivity contribution in [3.05, 3.63) is 30.5 Å². The molecule has 0 fully saturated rings. The van der Waals surface area contributed by atoms with Crippen LogP contribution in [-0.2, 0) is 7.05 Å². The topological polar surface area (TPSA) is 4.93 Å². The molecule has 2 aromatic rings. The van der Waals surface area contributed by atoms with Crippen LogP contribution in [0.3, 0.4) is 0 Å². The number of para-hydroxylation sites is 1. The van der Waals surface area contributed by atoms with Crippen molar-refractivity contribution in [1.82, 2.24) is 4.57 Å². The largest absolute Gasteiger partial charge is 0.351 e. The van der Waals surface area contributed by atoms with Gasteiger partial charge in [-0.05, 0) is 16.6 Å². The second kappa shape index (κ2) is 2.99. The van der Waals surface area contributed by atoms with Gasteiger partial charge in [0.05, 0.1) is 8.07 Å². The molecule has 0 bridgehead atoms. The Morgan fingerprint density at radius 3 is 2.36 bits per heavy atom. The van der Waals surface area contributed by atoms with Gasteiger partial charge in [-0.3, -0.25) is 0 Å². The summed E-state index contributed by atoms with van der Waals surface area (Å²) >= 11 is 0. The number of hydrogen-bond donors (Lipinski definition) is 0. The molecule has 0 aliphatic rings. The first kappa shape index (κ1) is 9.53. The summed E-state index contributed by atoms with van der Waals surface area (Å²) in [5, 5.41) is 3.00. The summed E-state index contributed by atoms with van der Waals surface area (Å²) in [5.41, 5.74) is 1.35. The molecule has 0 atom stereocenters. The number of aryl methyl sites for hydroxylation is 1. The van der Waals surface area contributed by atoms with E-state index in [0.29, 0.717) is 0 Å². The molecule has 1 aromatic carbocycles. The zero-order valence-corrected chi connectivity index (χ0v) is 10.3. The molecule has 2 heteroatoms. The number of hydrogen-bond acceptors (Lipinski definition) is 0. The normalized spacial score (nSPS) is 12.3. The molecule has 14 heavy (non-hydrogen) atoms. The van der Waals surface area contributed by atoms with Crippen molar-refractivity contribution in [3.8, 4) is 0 Å². The van der Waals surface area contributed by atoms with Crippen molar-refractivity contribution in [2.45, 2.75) is 19.6 Å². The Labute approximate surface area is 86.4 Å². The highest BCUT2D eigenvalue weighted by atomic mass is 28.3. The molecular formula is C12H17NSi. The van der Waals surface area contributed by atoms with E-state index in [-0.39, 0.29) is 0 Å². The number of nitrogens with zero attached hydrogens (tertiary/aromatic N) is 1. The number of rotatable bonds is 1. The molecule has 0 amide bonds. The molecule has 1 nitrogen and oxygen atoms in total. The molecule has 0 aliphatic heterocycles. The maximum Gasteiger partial charge on any atom is 0.0804 e. The summed E-state index contributed by atoms with van der Waals surface area (Å²) in [5.74, 6) is 0. The minimum atomic E-state index is -1.20. The van der Waals surface area contributed by atoms with E-state index >= 15 is 0 Å². The first-order valence-electron chi connectivity index (χ1n) is 5.05. The molecule has 0 radical (unpaired) electrons. The Hall–Kier alpha value is -1.02. The van der Waals surface area contributed by atoms with Gasteiger partial charge in [0.2, 0.25) is 0 Å². The molecule has 0 saturated carbocycles. The Morgan fingerprint density at radius 2 is 1.71 bits per heavy atom. The van der Waals surface area contributed by atoms with Crippen LogP contribution in [0.4, 0.5) is 0 Å². The molecule has 74 valence electrons. The van der Waals surface area contributed by atoms with Crippen LogP contribution in [0.15, 0.2) is 30.5 Å². The summed E-state index contributed by atoms with van der Waals surface area (Å²) in [4.78, 5) is 0. The maximum absolute atomic E-state index is 2.40. The lowest BCUT2D eigenvalue weighted by Gasteiger charge is -2.14. The van der Waals surface area contributed by atoms with Gasteiger partial charge in [0.25, 0.3) is 0 Å². The summed E-state index contributed by atoms with van der Waals surface area (Å²) in [6, 6.07) is 8.67. The predicted molar refractivity (Wildman–Crippen MR) is 65.9 cm³/mol. The number of benzene rings is 1. The SMILES string of the molecule is Cn1cc([Si](C)(C)C)c2ccccc21. The fraction of sp³-hybridized carbons (Fsp3) is 0.333. The van der Waals surface area contributed by atoms with Crippen molar-refractivity contribution in [2.24, 2.45) is 7.05 Å². The van der Waals surface area contributed by atoms with Gasteiger partial charge in [-0.15, -0.1) is 0 Å². The van der Waals surface area contributed by atoms with Crippen molar-refractivity contribution >= 4 is 24.2 Å². The van der Waals surface area contributed by atoms with Crippen LogP contribution in [-0.4, -0.2) is 12.6 Å². The number of aromatic nitrogens is 1. The molecule has 0 aliphatic carbocycles. The third-order valence-electron chi connectivity index (χ3n) is 2.70. The Bertz CT molecular complexity index is 463. The Kier molecular flexibility index (Phi) is 2.03. The van der Waals surface area contributed by atoms with E-state index in [1.54, 1.807) is 5.19 Å². The second-order valence-corrected chi connectivity index (χ2v) is 9.96. The van der Waals surface area contributed by atoms with Gasteiger partial charge in [-0.2, -0.15) is 0 Å². The molecular weight excluding hydrogens is 186 g/mol. The highest BCUT2D eigenvalue weighted by molar-refractivity contribution is 6.90. The average molecular weight is 203 g/mol. The van der Waals surface area contributed by atoms with Gasteiger partial charge in [0.1, 0.15) is 0 Å². The van der Waals surface area contributed by atoms with E-state index in [9.17, 15) is 0 Å². The Morgan fingerprint density at radius 1 is 1.07 bits per heavy atom. The van der Waals surface area contributed by atoms with Crippen LogP contribution in [0.5, 0.6) is 0 Å². The summed E-state index contributed by atoms with van der Waals surface area (Å²) in [6.45, 7) is 7.19. The molecule has 0 saturated heterocycles. The molecule has 0 N–H and O–H groups in total. The minimum Gasteiger partial charge on any atom is -0.351 e. The summed E-state index contributed by atoms with van der Waals surface area (Å²) in [7, 11) is 0.933. The van der Waals surface area contributed by atoms with Crippen LogP contribution >= 0.6 is 0 Å². The molecule has 2 rings (SSSR count). The zero-order chi connectivity index (χ0) is 10.3. The van der Waals surface area contributed by atoms with Gasteiger partial charge in [0.15, 0.2) is 0 Å². The maximum atomic E-state index is 2.40. The van der Waals surface area contributed by atoms with Crippen molar-refractivity contribution in [1.29, 1.82) is 0 Å². The summed E-state index contributed by atoms with van der Waals surface area (Å²) in [6.07, 6.45) is 2.30. The monoisotopic (exact) mass is 203 g/mol. The Balaban J connectivity index is 2.80. The van der Waals surface area contributed by atoms with E-state index in [1.165, 1.54) is 10.9 Å². The first-order chi connectivity index (χ1) is 6.50. The van der Waals surface area contributed by atoms with E-state index in [1.807, 2.05) is 0 Å². The lowest BCUT2D eigenvalue weighted by molar-refractivity contribution is 0.972. The number of fused-ring (bicyclic) bond motifs is 1. The molecule has 1 heterocycles. The predicted octanol–water partition coefficient (Wildman–Crippen LogP) is 2.72. The zero-order valence-electron chi connectivity index (χ0n) is 9.33. The van der Waals surface area contributed by atoms with E-state index in [2.05, 4.69) is 61.7 Å². The fourth-order valence-electron chi connectivity index (χ4n) is 1.94. The molecule has 0 unspecified atom stereocenters. The first-order valence-corrected chi connectivity index (χ1v) is 8.55. The van der Waals surface area contributed by atoms with Crippen LogP contribution in [0.1, 0.15) is 0 Å². The van der Waals surface area contributed by atoms with Crippen LogP contribution in [0.25, 0.3) is 10.9 Å². The van der Waals surface area contributed by atoms with Gasteiger partial charge >= 0.3 is 0 Å². The standard InChI is InChI=1S/C12H17NSi/c1-13-9-12(14(2,3)4)10-7-5-6-8-11(10)13/h5-9H,1-4H3. The van der Waals surface area contributed by atoms with Gasteiger partial charge in [-0.1, -0.05) is 37.8 Å². The molecule has 0 spiro atoms. The highest BCUT2D eigenvalue weighted by Crippen LogP contribution is 2.16. The van der Waals surface area contributed by atoms with Crippen molar-refractivity contribution in [3.63, 3.8) is 0 Å². The van der Waals surface area contributed by atoms with Gasteiger partial charge < -0.3 is 4.57 Å². The van der Waals surface area contributed by atoms with E-state index in [4.69, 9.17) is 0 Å². The van der Waals surface area contributed by atoms with Gasteiger partial charge in [0, 0.05) is 18.8 Å². The smallest absolute Gasteiger partial charge is 0.0804 e. The third-order valence-corrected chi connectivity index (χ3v) is 4.72. The van der Waals surface area contributed by atoms with Crippen LogP contribution in [0, 0.1) is 0 Å². The van der Waals surface area contributed by atoms with Crippen molar-refractivity contribution < 1.29 is 0 Å². The average Bonchev–Trinajstić information content (AvgIpc) is 2.44. The molecule has 1 aromatic heterocycles. The minimum absolute atomic E-state index is 1.20. The lowest BCUT2D eigenvalue weighted by atomic mass is 10.2. The van der Waals surface area contributed by atoms with Crippen molar-refractivity contribution in [2.75, 3.05) is 0 Å². The van der Waals surface area contributed by atoms with Gasteiger partial charge in [-0.25, -0.2) is 0 Å².